The van der Waals surface area contributed by atoms with Crippen LogP contribution in [0.3, 0.4) is 0 Å². The normalized spacial score (nSPS) is 29.2. The summed E-state index contributed by atoms with van der Waals surface area (Å²) in [6.45, 7) is 7.70. The molecule has 0 aliphatic heterocycles. The fraction of sp³-hybridized carbons (Fsp3) is 0.800. The molecule has 2 unspecified atom stereocenters. The van der Waals surface area contributed by atoms with Gasteiger partial charge >= 0.3 is 0 Å². The van der Waals surface area contributed by atoms with E-state index in [0.717, 1.165) is 13.1 Å². The van der Waals surface area contributed by atoms with Crippen LogP contribution in [0.5, 0.6) is 0 Å². The highest BCUT2D eigenvalue weighted by Crippen LogP contribution is 2.24. The van der Waals surface area contributed by atoms with Crippen molar-refractivity contribution in [2.75, 3.05) is 13.1 Å². The second-order valence-corrected chi connectivity index (χ2v) is 3.87. The average molecular weight is 168 g/mol. The van der Waals surface area contributed by atoms with Gasteiger partial charge in [0.05, 0.1) is 0 Å². The zero-order chi connectivity index (χ0) is 8.97. The smallest absolute Gasteiger partial charge is 0.0161 e. The molecular formula is C10H20N2. The van der Waals surface area contributed by atoms with Gasteiger partial charge in [-0.2, -0.15) is 0 Å². The van der Waals surface area contributed by atoms with Crippen LogP contribution < -0.4 is 11.1 Å². The van der Waals surface area contributed by atoms with E-state index in [1.54, 1.807) is 0 Å². The third kappa shape index (κ3) is 2.61. The molecule has 0 aromatic rings. The maximum Gasteiger partial charge on any atom is 0.0161 e. The Balaban J connectivity index is 2.26. The molecule has 0 heterocycles. The third-order valence-corrected chi connectivity index (χ3v) is 2.63. The quantitative estimate of drug-likeness (QED) is 0.621. The van der Waals surface area contributed by atoms with E-state index < -0.39 is 0 Å². The molecule has 0 spiro atoms. The van der Waals surface area contributed by atoms with Crippen LogP contribution in [-0.4, -0.2) is 19.1 Å². The summed E-state index contributed by atoms with van der Waals surface area (Å²) >= 11 is 0. The Morgan fingerprint density at radius 2 is 2.33 bits per heavy atom. The van der Waals surface area contributed by atoms with Gasteiger partial charge in [-0.05, 0) is 32.2 Å². The van der Waals surface area contributed by atoms with Crippen molar-refractivity contribution in [2.24, 2.45) is 11.7 Å². The summed E-state index contributed by atoms with van der Waals surface area (Å²) in [5.41, 5.74) is 6.87. The maximum absolute atomic E-state index is 5.67. The highest BCUT2D eigenvalue weighted by molar-refractivity contribution is 4.94. The Labute approximate surface area is 75.2 Å². The molecule has 0 radical (unpaired) electrons. The summed E-state index contributed by atoms with van der Waals surface area (Å²) in [5.74, 6) is 0.698. The van der Waals surface area contributed by atoms with E-state index in [1.165, 1.54) is 24.8 Å². The van der Waals surface area contributed by atoms with E-state index in [4.69, 9.17) is 5.73 Å². The molecule has 0 saturated heterocycles. The van der Waals surface area contributed by atoms with Crippen LogP contribution >= 0.6 is 0 Å². The van der Waals surface area contributed by atoms with E-state index in [-0.39, 0.29) is 0 Å². The lowest BCUT2D eigenvalue weighted by Crippen LogP contribution is -2.36. The molecule has 0 bridgehead atoms. The topological polar surface area (TPSA) is 38.0 Å². The molecular weight excluding hydrogens is 148 g/mol. The lowest BCUT2D eigenvalue weighted by Gasteiger charge is -2.19. The van der Waals surface area contributed by atoms with E-state index in [1.807, 2.05) is 0 Å². The van der Waals surface area contributed by atoms with E-state index in [2.05, 4.69) is 18.8 Å². The van der Waals surface area contributed by atoms with Crippen molar-refractivity contribution in [2.45, 2.75) is 32.2 Å². The van der Waals surface area contributed by atoms with Crippen molar-refractivity contribution < 1.29 is 0 Å². The van der Waals surface area contributed by atoms with Gasteiger partial charge in [0, 0.05) is 12.6 Å². The zero-order valence-electron chi connectivity index (χ0n) is 7.97. The van der Waals surface area contributed by atoms with E-state index in [9.17, 15) is 0 Å². The Morgan fingerprint density at radius 3 is 2.92 bits per heavy atom. The molecule has 1 saturated carbocycles. The van der Waals surface area contributed by atoms with Crippen LogP contribution in [0.1, 0.15) is 26.2 Å². The molecule has 1 fully saturated rings. The van der Waals surface area contributed by atoms with Gasteiger partial charge in [0.15, 0.2) is 0 Å². The Hall–Kier alpha value is -0.340. The zero-order valence-corrected chi connectivity index (χ0v) is 7.97. The van der Waals surface area contributed by atoms with Crippen molar-refractivity contribution in [1.29, 1.82) is 0 Å². The van der Waals surface area contributed by atoms with Crippen LogP contribution in [0.2, 0.25) is 0 Å². The van der Waals surface area contributed by atoms with Crippen LogP contribution in [0.15, 0.2) is 12.2 Å². The number of nitrogens with one attached hydrogen (secondary N) is 1. The largest absolute Gasteiger partial charge is 0.330 e. The van der Waals surface area contributed by atoms with E-state index >= 15 is 0 Å². The van der Waals surface area contributed by atoms with Gasteiger partial charge in [-0.25, -0.2) is 0 Å². The van der Waals surface area contributed by atoms with Gasteiger partial charge in [-0.3, -0.25) is 0 Å². The molecule has 0 amide bonds. The van der Waals surface area contributed by atoms with Gasteiger partial charge < -0.3 is 11.1 Å². The standard InChI is InChI=1S/C10H20N2/c1-8(2)7-12-10-5-3-4-9(10)6-11/h9-10,12H,1,3-7,11H2,2H3. The second-order valence-electron chi connectivity index (χ2n) is 3.87. The van der Waals surface area contributed by atoms with Gasteiger partial charge in [0.1, 0.15) is 0 Å². The van der Waals surface area contributed by atoms with Crippen LogP contribution in [0.4, 0.5) is 0 Å². The Morgan fingerprint density at radius 1 is 1.58 bits per heavy atom. The summed E-state index contributed by atoms with van der Waals surface area (Å²) in [7, 11) is 0. The molecule has 3 N–H and O–H groups in total. The summed E-state index contributed by atoms with van der Waals surface area (Å²) in [5, 5.41) is 3.50. The monoisotopic (exact) mass is 168 g/mol. The lowest BCUT2D eigenvalue weighted by molar-refractivity contribution is 0.419. The maximum atomic E-state index is 5.67. The predicted octanol–water partition coefficient (Wildman–Crippen LogP) is 1.28. The van der Waals surface area contributed by atoms with Crippen LogP contribution in [0.25, 0.3) is 0 Å². The Kier molecular flexibility index (Phi) is 3.76. The fourth-order valence-electron chi connectivity index (χ4n) is 1.89. The SMILES string of the molecule is C=C(C)CNC1CCCC1CN. The first kappa shape index (κ1) is 9.75. The van der Waals surface area contributed by atoms with Gasteiger partial charge in [-0.1, -0.05) is 18.6 Å². The molecule has 1 rings (SSSR count). The van der Waals surface area contributed by atoms with Crippen molar-refractivity contribution >= 4 is 0 Å². The molecule has 0 aromatic carbocycles. The van der Waals surface area contributed by atoms with Crippen molar-refractivity contribution in [3.05, 3.63) is 12.2 Å². The first-order chi connectivity index (χ1) is 5.74. The second kappa shape index (κ2) is 4.63. The lowest BCUT2D eigenvalue weighted by atomic mass is 10.0. The fourth-order valence-corrected chi connectivity index (χ4v) is 1.89. The van der Waals surface area contributed by atoms with Crippen molar-refractivity contribution in [3.63, 3.8) is 0 Å². The molecule has 2 nitrogen and oxygen atoms in total. The first-order valence-corrected chi connectivity index (χ1v) is 4.82. The predicted molar refractivity (Wildman–Crippen MR) is 53.0 cm³/mol. The van der Waals surface area contributed by atoms with Crippen LogP contribution in [0, 0.1) is 5.92 Å². The van der Waals surface area contributed by atoms with Crippen molar-refractivity contribution in [1.82, 2.24) is 5.32 Å². The number of hydrogen-bond donors (Lipinski definition) is 2. The van der Waals surface area contributed by atoms with E-state index in [0.29, 0.717) is 12.0 Å². The minimum absolute atomic E-state index is 0.645. The molecule has 12 heavy (non-hydrogen) atoms. The minimum atomic E-state index is 0.645. The summed E-state index contributed by atoms with van der Waals surface area (Å²) in [4.78, 5) is 0. The van der Waals surface area contributed by atoms with Gasteiger partial charge in [0.2, 0.25) is 0 Å². The van der Waals surface area contributed by atoms with Crippen molar-refractivity contribution in [3.8, 4) is 0 Å². The highest BCUT2D eigenvalue weighted by Gasteiger charge is 2.24. The number of rotatable bonds is 4. The molecule has 1 aliphatic rings. The van der Waals surface area contributed by atoms with Gasteiger partial charge in [-0.15, -0.1) is 0 Å². The molecule has 0 aromatic heterocycles. The summed E-state index contributed by atoms with van der Waals surface area (Å²) < 4.78 is 0. The summed E-state index contributed by atoms with van der Waals surface area (Å²) in [6.07, 6.45) is 3.91. The van der Waals surface area contributed by atoms with Gasteiger partial charge in [0.25, 0.3) is 0 Å². The number of hydrogen-bond acceptors (Lipinski definition) is 2. The number of nitrogens with two attached hydrogens (primary N) is 1. The Bertz CT molecular complexity index is 154. The minimum Gasteiger partial charge on any atom is -0.330 e. The molecule has 1 aliphatic carbocycles. The molecule has 70 valence electrons. The highest BCUT2D eigenvalue weighted by atomic mass is 14.9. The summed E-state index contributed by atoms with van der Waals surface area (Å²) in [6, 6.07) is 0.645. The first-order valence-electron chi connectivity index (χ1n) is 4.82. The third-order valence-electron chi connectivity index (χ3n) is 2.63. The molecule has 2 heteroatoms. The average Bonchev–Trinajstić information content (AvgIpc) is 2.47. The van der Waals surface area contributed by atoms with Crippen LogP contribution in [-0.2, 0) is 0 Å². The molecule has 2 atom stereocenters.